The fourth-order valence-corrected chi connectivity index (χ4v) is 5.12. The number of ether oxygens (including phenoxy) is 1. The molecule has 7 heteroatoms. The molecule has 1 aliphatic heterocycles. The molecule has 7 nitrogen and oxygen atoms in total. The van der Waals surface area contributed by atoms with Crippen LogP contribution >= 0.6 is 0 Å². The molecular weight excluding hydrogens is 396 g/mol. The standard InChI is InChI=1S/C24H28N2O5/c1-30-20(27)11-14-25-22(28)21-18-9-3-4-10-19(18)23(29)26(16-17-8-7-15-31-17)24(21)12-5-2-6-13-24/h3-4,7-10,15,21H,2,5-6,11-14,16H2,1H3,(H,25,28)/t21-/m1/s1. The topological polar surface area (TPSA) is 88.8 Å². The van der Waals surface area contributed by atoms with E-state index in [1.165, 1.54) is 7.11 Å². The first-order valence-corrected chi connectivity index (χ1v) is 10.8. The van der Waals surface area contributed by atoms with Crippen LogP contribution in [0.25, 0.3) is 0 Å². The zero-order valence-electron chi connectivity index (χ0n) is 17.8. The first-order valence-electron chi connectivity index (χ1n) is 10.8. The van der Waals surface area contributed by atoms with Gasteiger partial charge in [-0.25, -0.2) is 0 Å². The van der Waals surface area contributed by atoms with E-state index < -0.39 is 11.5 Å². The summed E-state index contributed by atoms with van der Waals surface area (Å²) in [5, 5.41) is 2.92. The lowest BCUT2D eigenvalue weighted by Gasteiger charge is -2.53. The zero-order valence-corrected chi connectivity index (χ0v) is 17.8. The van der Waals surface area contributed by atoms with Gasteiger partial charge in [0, 0.05) is 12.1 Å². The van der Waals surface area contributed by atoms with E-state index in [-0.39, 0.29) is 30.7 Å². The number of methoxy groups -OCH3 is 1. The highest BCUT2D eigenvalue weighted by atomic mass is 16.5. The van der Waals surface area contributed by atoms with E-state index in [0.29, 0.717) is 17.9 Å². The maximum Gasteiger partial charge on any atom is 0.307 e. The molecule has 1 atom stereocenters. The highest BCUT2D eigenvalue weighted by molar-refractivity contribution is 6.02. The Labute approximate surface area is 181 Å². The SMILES string of the molecule is COC(=O)CCNC(=O)[C@H]1c2ccccc2C(=O)N(Cc2ccco2)C12CCCCC2. The van der Waals surface area contributed by atoms with Gasteiger partial charge in [-0.1, -0.05) is 37.5 Å². The molecule has 4 rings (SSSR count). The van der Waals surface area contributed by atoms with Crippen LogP contribution in [0.3, 0.4) is 0 Å². The Balaban J connectivity index is 1.73. The van der Waals surface area contributed by atoms with E-state index in [1.54, 1.807) is 12.3 Å². The maximum atomic E-state index is 13.6. The molecule has 1 fully saturated rings. The van der Waals surface area contributed by atoms with Gasteiger partial charge in [0.1, 0.15) is 5.76 Å². The van der Waals surface area contributed by atoms with E-state index >= 15 is 0 Å². The van der Waals surface area contributed by atoms with Crippen molar-refractivity contribution in [2.45, 2.75) is 56.5 Å². The Morgan fingerprint density at radius 1 is 1.16 bits per heavy atom. The number of fused-ring (bicyclic) bond motifs is 1. The second-order valence-corrected chi connectivity index (χ2v) is 8.27. The third kappa shape index (κ3) is 3.96. The molecule has 0 saturated heterocycles. The Kier molecular flexibility index (Phi) is 6.11. The molecule has 2 heterocycles. The number of esters is 1. The molecule has 1 spiro atoms. The number of hydrogen-bond acceptors (Lipinski definition) is 5. The summed E-state index contributed by atoms with van der Waals surface area (Å²) in [4.78, 5) is 40.5. The van der Waals surface area contributed by atoms with Gasteiger partial charge in [0.2, 0.25) is 5.91 Å². The van der Waals surface area contributed by atoms with Crippen molar-refractivity contribution < 1.29 is 23.5 Å². The van der Waals surface area contributed by atoms with Crippen LogP contribution in [-0.4, -0.2) is 41.9 Å². The summed E-state index contributed by atoms with van der Waals surface area (Å²) in [5.74, 6) is -0.397. The van der Waals surface area contributed by atoms with Crippen molar-refractivity contribution in [3.8, 4) is 0 Å². The minimum Gasteiger partial charge on any atom is -0.469 e. The van der Waals surface area contributed by atoms with Gasteiger partial charge in [0.15, 0.2) is 0 Å². The molecule has 1 aromatic heterocycles. The number of nitrogens with one attached hydrogen (secondary N) is 1. The normalized spacial score (nSPS) is 19.7. The third-order valence-electron chi connectivity index (χ3n) is 6.55. The van der Waals surface area contributed by atoms with E-state index in [2.05, 4.69) is 10.1 Å². The van der Waals surface area contributed by atoms with Gasteiger partial charge in [-0.15, -0.1) is 0 Å². The lowest BCUT2D eigenvalue weighted by atomic mass is 9.65. The number of amides is 2. The fraction of sp³-hybridized carbons (Fsp3) is 0.458. The molecule has 1 saturated carbocycles. The van der Waals surface area contributed by atoms with Crippen molar-refractivity contribution >= 4 is 17.8 Å². The quantitative estimate of drug-likeness (QED) is 0.718. The largest absolute Gasteiger partial charge is 0.469 e. The molecule has 0 radical (unpaired) electrons. The zero-order chi connectivity index (χ0) is 21.8. The molecule has 0 unspecified atom stereocenters. The Hall–Kier alpha value is -3.09. The van der Waals surface area contributed by atoms with Gasteiger partial charge in [-0.2, -0.15) is 0 Å². The van der Waals surface area contributed by atoms with Gasteiger partial charge in [-0.3, -0.25) is 14.4 Å². The molecule has 2 aliphatic rings. The maximum absolute atomic E-state index is 13.6. The van der Waals surface area contributed by atoms with Gasteiger partial charge >= 0.3 is 5.97 Å². The van der Waals surface area contributed by atoms with Crippen LogP contribution in [0.1, 0.15) is 66.1 Å². The number of hydrogen-bond donors (Lipinski definition) is 1. The van der Waals surface area contributed by atoms with Gasteiger partial charge in [-0.05, 0) is 36.6 Å². The molecule has 1 N–H and O–H groups in total. The van der Waals surface area contributed by atoms with Crippen molar-refractivity contribution in [1.29, 1.82) is 0 Å². The van der Waals surface area contributed by atoms with E-state index in [4.69, 9.17) is 4.42 Å². The van der Waals surface area contributed by atoms with Crippen molar-refractivity contribution in [3.05, 3.63) is 59.5 Å². The predicted molar refractivity (Wildman–Crippen MR) is 113 cm³/mol. The summed E-state index contributed by atoms with van der Waals surface area (Å²) in [5.41, 5.74) is 0.699. The summed E-state index contributed by atoms with van der Waals surface area (Å²) in [6.45, 7) is 0.526. The number of carbonyl (C=O) groups is 3. The minimum atomic E-state index is -0.619. The Morgan fingerprint density at radius 2 is 1.94 bits per heavy atom. The van der Waals surface area contributed by atoms with E-state index in [9.17, 15) is 14.4 Å². The van der Waals surface area contributed by atoms with Gasteiger partial charge in [0.25, 0.3) is 5.91 Å². The summed E-state index contributed by atoms with van der Waals surface area (Å²) in [7, 11) is 1.33. The predicted octanol–water partition coefficient (Wildman–Crippen LogP) is 3.40. The third-order valence-corrected chi connectivity index (χ3v) is 6.55. The Morgan fingerprint density at radius 3 is 2.65 bits per heavy atom. The molecule has 164 valence electrons. The average Bonchev–Trinajstić information content (AvgIpc) is 3.31. The fourth-order valence-electron chi connectivity index (χ4n) is 5.12. The van der Waals surface area contributed by atoms with Crippen LogP contribution in [0, 0.1) is 0 Å². The monoisotopic (exact) mass is 424 g/mol. The lowest BCUT2D eigenvalue weighted by Crippen LogP contribution is -2.62. The first-order chi connectivity index (χ1) is 15.1. The number of nitrogens with zero attached hydrogens (tertiary/aromatic N) is 1. The molecule has 31 heavy (non-hydrogen) atoms. The van der Waals surface area contributed by atoms with Crippen molar-refractivity contribution in [1.82, 2.24) is 10.2 Å². The number of rotatable bonds is 6. The van der Waals surface area contributed by atoms with Crippen molar-refractivity contribution in [3.63, 3.8) is 0 Å². The molecule has 0 bridgehead atoms. The molecular formula is C24H28N2O5. The van der Waals surface area contributed by atoms with Crippen molar-refractivity contribution in [2.24, 2.45) is 0 Å². The lowest BCUT2D eigenvalue weighted by molar-refractivity contribution is -0.140. The first kappa shape index (κ1) is 21.2. The van der Waals surface area contributed by atoms with Crippen molar-refractivity contribution in [2.75, 3.05) is 13.7 Å². The number of furan rings is 1. The molecule has 2 aromatic rings. The summed E-state index contributed by atoms with van der Waals surface area (Å²) in [6, 6.07) is 11.0. The van der Waals surface area contributed by atoms with Crippen LogP contribution in [0.2, 0.25) is 0 Å². The van der Waals surface area contributed by atoms with Crippen LogP contribution in [0.5, 0.6) is 0 Å². The average molecular weight is 424 g/mol. The molecule has 2 amide bonds. The van der Waals surface area contributed by atoms with E-state index in [0.717, 1.165) is 37.7 Å². The number of carbonyl (C=O) groups excluding carboxylic acids is 3. The smallest absolute Gasteiger partial charge is 0.307 e. The van der Waals surface area contributed by atoms with Crippen LogP contribution in [0.15, 0.2) is 47.1 Å². The van der Waals surface area contributed by atoms with Crippen LogP contribution in [-0.2, 0) is 20.9 Å². The van der Waals surface area contributed by atoms with Crippen LogP contribution < -0.4 is 5.32 Å². The highest BCUT2D eigenvalue weighted by Crippen LogP contribution is 2.49. The summed E-state index contributed by atoms with van der Waals surface area (Å²) < 4.78 is 10.2. The Bertz CT molecular complexity index is 947. The molecule has 1 aliphatic carbocycles. The van der Waals surface area contributed by atoms with Gasteiger partial charge in [0.05, 0.1) is 37.8 Å². The highest BCUT2D eigenvalue weighted by Gasteiger charge is 2.54. The summed E-state index contributed by atoms with van der Waals surface area (Å²) >= 11 is 0. The summed E-state index contributed by atoms with van der Waals surface area (Å²) in [6.07, 6.45) is 6.21. The molecule has 1 aromatic carbocycles. The number of benzene rings is 1. The minimum absolute atomic E-state index is 0.0625. The second-order valence-electron chi connectivity index (χ2n) is 8.27. The van der Waals surface area contributed by atoms with Crippen LogP contribution in [0.4, 0.5) is 0 Å². The van der Waals surface area contributed by atoms with E-state index in [1.807, 2.05) is 35.2 Å². The second kappa shape index (κ2) is 8.96. The van der Waals surface area contributed by atoms with Gasteiger partial charge < -0.3 is 19.4 Å².